The molecular weight excluding hydrogens is 508 g/mol. The normalized spacial score (nSPS) is 14.7. The van der Waals surface area contributed by atoms with Crippen molar-refractivity contribution in [3.8, 4) is 5.75 Å². The van der Waals surface area contributed by atoms with Crippen molar-refractivity contribution in [2.45, 2.75) is 19.6 Å². The average Bonchev–Trinajstić information content (AvgIpc) is 3.35. The first-order chi connectivity index (χ1) is 19.5. The number of fused-ring (bicyclic) bond motifs is 1. The van der Waals surface area contributed by atoms with E-state index in [1.807, 2.05) is 72.5 Å². The van der Waals surface area contributed by atoms with Crippen LogP contribution >= 0.6 is 0 Å². The number of carbonyl (C=O) groups is 2. The van der Waals surface area contributed by atoms with Gasteiger partial charge in [0.05, 0.1) is 32.5 Å². The van der Waals surface area contributed by atoms with Gasteiger partial charge in [0, 0.05) is 43.7 Å². The van der Waals surface area contributed by atoms with E-state index in [-0.39, 0.29) is 18.0 Å². The van der Waals surface area contributed by atoms with Gasteiger partial charge in [0.15, 0.2) is 5.76 Å². The molecule has 0 unspecified atom stereocenters. The van der Waals surface area contributed by atoms with Crippen LogP contribution in [0.15, 0.2) is 77.2 Å². The number of hydrogen-bond donors (Lipinski definition) is 0. The van der Waals surface area contributed by atoms with Crippen molar-refractivity contribution in [3.05, 3.63) is 101 Å². The van der Waals surface area contributed by atoms with Crippen LogP contribution in [0.4, 0.5) is 0 Å². The lowest BCUT2D eigenvalue weighted by Crippen LogP contribution is -2.49. The molecule has 1 aliphatic rings. The lowest BCUT2D eigenvalue weighted by atomic mass is 10.1. The van der Waals surface area contributed by atoms with Crippen LogP contribution in [-0.4, -0.2) is 68.6 Å². The number of carbonyl (C=O) groups excluding carboxylic acids is 2. The molecule has 0 spiro atoms. The second kappa shape index (κ2) is 12.4. The molecule has 3 aromatic carbocycles. The molecule has 40 heavy (non-hydrogen) atoms. The summed E-state index contributed by atoms with van der Waals surface area (Å²) in [6.07, 6.45) is -0.213. The van der Waals surface area contributed by atoms with Crippen LogP contribution in [0.5, 0.6) is 5.75 Å². The first-order valence-corrected chi connectivity index (χ1v) is 13.4. The molecule has 8 heteroatoms. The van der Waals surface area contributed by atoms with Crippen LogP contribution in [-0.2, 0) is 16.1 Å². The summed E-state index contributed by atoms with van der Waals surface area (Å²) in [6, 6.07) is 22.9. The van der Waals surface area contributed by atoms with Crippen molar-refractivity contribution in [1.29, 1.82) is 0 Å². The standard InChI is InChI=1S/C32H34N2O6/c1-22-27-9-4-5-10-28(27)40-30(22)31(35)34-17-15-33(16-18-34)20-29(25-7-6-8-26(19-25)37-2)39-21-23-11-13-24(14-12-23)32(36)38-3/h4-14,19,29H,15-18,20-21H2,1-3H3/t29-/m0/s1. The molecule has 1 aliphatic heterocycles. The quantitative estimate of drug-likeness (QED) is 0.267. The Hall–Kier alpha value is -4.14. The highest BCUT2D eigenvalue weighted by Crippen LogP contribution is 2.28. The van der Waals surface area contributed by atoms with E-state index in [4.69, 9.17) is 18.6 Å². The number of piperazine rings is 1. The zero-order valence-corrected chi connectivity index (χ0v) is 23.1. The summed E-state index contributed by atoms with van der Waals surface area (Å²) in [6.45, 7) is 5.65. The van der Waals surface area contributed by atoms with Gasteiger partial charge < -0.3 is 23.5 Å². The van der Waals surface area contributed by atoms with Crippen LogP contribution in [0, 0.1) is 6.92 Å². The number of methoxy groups -OCH3 is 2. The molecule has 0 saturated carbocycles. The molecule has 1 atom stereocenters. The van der Waals surface area contributed by atoms with Crippen LogP contribution in [0.2, 0.25) is 0 Å². The van der Waals surface area contributed by atoms with Crippen LogP contribution in [0.1, 0.15) is 43.7 Å². The second-order valence-electron chi connectivity index (χ2n) is 9.91. The van der Waals surface area contributed by atoms with Gasteiger partial charge in [-0.15, -0.1) is 0 Å². The van der Waals surface area contributed by atoms with E-state index >= 15 is 0 Å². The Morgan fingerprint density at radius 2 is 1.68 bits per heavy atom. The molecule has 2 heterocycles. The molecule has 5 rings (SSSR count). The number of ether oxygens (including phenoxy) is 3. The lowest BCUT2D eigenvalue weighted by molar-refractivity contribution is 0.00301. The summed E-state index contributed by atoms with van der Waals surface area (Å²) in [5.41, 5.74) is 4.09. The van der Waals surface area contributed by atoms with E-state index in [0.29, 0.717) is 37.6 Å². The Labute approximate surface area is 234 Å². The van der Waals surface area contributed by atoms with E-state index < -0.39 is 0 Å². The second-order valence-corrected chi connectivity index (χ2v) is 9.91. The summed E-state index contributed by atoms with van der Waals surface area (Å²) in [5.74, 6) is 0.759. The number of aryl methyl sites for hydroxylation is 1. The third kappa shape index (κ3) is 6.03. The molecule has 8 nitrogen and oxygen atoms in total. The molecular formula is C32H34N2O6. The molecule has 1 fully saturated rings. The van der Waals surface area contributed by atoms with E-state index in [2.05, 4.69) is 4.90 Å². The van der Waals surface area contributed by atoms with Crippen LogP contribution < -0.4 is 4.74 Å². The summed E-state index contributed by atoms with van der Waals surface area (Å²) in [7, 11) is 3.02. The minimum atomic E-state index is -0.366. The maximum Gasteiger partial charge on any atom is 0.337 e. The van der Waals surface area contributed by atoms with Crippen molar-refractivity contribution in [2.75, 3.05) is 46.9 Å². The molecule has 0 aliphatic carbocycles. The average molecular weight is 543 g/mol. The molecule has 0 radical (unpaired) electrons. The Kier molecular flexibility index (Phi) is 8.48. The Balaban J connectivity index is 1.24. The molecule has 208 valence electrons. The third-order valence-electron chi connectivity index (χ3n) is 7.41. The topological polar surface area (TPSA) is 81.5 Å². The molecule has 4 aromatic rings. The first kappa shape index (κ1) is 27.4. The van der Waals surface area contributed by atoms with Gasteiger partial charge in [-0.1, -0.05) is 42.5 Å². The van der Waals surface area contributed by atoms with Gasteiger partial charge in [0.1, 0.15) is 11.3 Å². The summed E-state index contributed by atoms with van der Waals surface area (Å²) in [5, 5.41) is 0.975. The number of rotatable bonds is 9. The zero-order chi connectivity index (χ0) is 28.1. The van der Waals surface area contributed by atoms with Gasteiger partial charge in [0.25, 0.3) is 5.91 Å². The van der Waals surface area contributed by atoms with Gasteiger partial charge in [-0.25, -0.2) is 4.79 Å². The highest BCUT2D eigenvalue weighted by Gasteiger charge is 2.28. The molecule has 1 aromatic heterocycles. The Bertz CT molecular complexity index is 1470. The van der Waals surface area contributed by atoms with Crippen molar-refractivity contribution in [2.24, 2.45) is 0 Å². The molecule has 1 saturated heterocycles. The Morgan fingerprint density at radius 3 is 2.38 bits per heavy atom. The first-order valence-electron chi connectivity index (χ1n) is 13.4. The number of nitrogens with zero attached hydrogens (tertiary/aromatic N) is 2. The number of amides is 1. The fourth-order valence-electron chi connectivity index (χ4n) is 5.04. The predicted octanol–water partition coefficient (Wildman–Crippen LogP) is 5.25. The van der Waals surface area contributed by atoms with E-state index in [0.717, 1.165) is 46.5 Å². The van der Waals surface area contributed by atoms with E-state index in [1.165, 1.54) is 7.11 Å². The SMILES string of the molecule is COC(=O)c1ccc(CO[C@@H](CN2CCN(C(=O)c3oc4ccccc4c3C)CC2)c2cccc(OC)c2)cc1. The minimum absolute atomic E-state index is 0.0654. The van der Waals surface area contributed by atoms with Crippen molar-refractivity contribution < 1.29 is 28.2 Å². The summed E-state index contributed by atoms with van der Waals surface area (Å²) >= 11 is 0. The van der Waals surface area contributed by atoms with Gasteiger partial charge >= 0.3 is 5.97 Å². The number of hydrogen-bond acceptors (Lipinski definition) is 7. The highest BCUT2D eigenvalue weighted by atomic mass is 16.5. The smallest absolute Gasteiger partial charge is 0.337 e. The fraction of sp³-hybridized carbons (Fsp3) is 0.312. The number of furan rings is 1. The van der Waals surface area contributed by atoms with E-state index in [9.17, 15) is 9.59 Å². The van der Waals surface area contributed by atoms with Gasteiger partial charge in [-0.2, -0.15) is 0 Å². The molecule has 1 amide bonds. The van der Waals surface area contributed by atoms with Crippen LogP contribution in [0.25, 0.3) is 11.0 Å². The number of benzene rings is 3. The largest absolute Gasteiger partial charge is 0.497 e. The maximum absolute atomic E-state index is 13.3. The summed E-state index contributed by atoms with van der Waals surface area (Å²) < 4.78 is 22.6. The van der Waals surface area contributed by atoms with Crippen molar-refractivity contribution >= 4 is 22.8 Å². The van der Waals surface area contributed by atoms with E-state index in [1.54, 1.807) is 19.2 Å². The fourth-order valence-corrected chi connectivity index (χ4v) is 5.04. The third-order valence-corrected chi connectivity index (χ3v) is 7.41. The predicted molar refractivity (Wildman–Crippen MR) is 152 cm³/mol. The molecule has 0 N–H and O–H groups in total. The highest BCUT2D eigenvalue weighted by molar-refractivity contribution is 5.99. The lowest BCUT2D eigenvalue weighted by Gasteiger charge is -2.36. The number of esters is 1. The van der Waals surface area contributed by atoms with Crippen molar-refractivity contribution in [1.82, 2.24) is 9.80 Å². The minimum Gasteiger partial charge on any atom is -0.497 e. The van der Waals surface area contributed by atoms with Crippen molar-refractivity contribution in [3.63, 3.8) is 0 Å². The monoisotopic (exact) mass is 542 g/mol. The van der Waals surface area contributed by atoms with Gasteiger partial charge in [-0.3, -0.25) is 9.69 Å². The molecule has 0 bridgehead atoms. The van der Waals surface area contributed by atoms with Gasteiger partial charge in [-0.05, 0) is 48.4 Å². The van der Waals surface area contributed by atoms with Gasteiger partial charge in [0.2, 0.25) is 0 Å². The zero-order valence-electron chi connectivity index (χ0n) is 23.1. The maximum atomic E-state index is 13.3. The van der Waals surface area contributed by atoms with Crippen LogP contribution in [0.3, 0.4) is 0 Å². The number of para-hydroxylation sites is 1. The Morgan fingerprint density at radius 1 is 0.925 bits per heavy atom. The summed E-state index contributed by atoms with van der Waals surface area (Å²) in [4.78, 5) is 29.2.